The number of thioether (sulfide) groups is 1. The third kappa shape index (κ3) is 3.48. The van der Waals surface area contributed by atoms with Gasteiger partial charge in [-0.1, -0.05) is 72.8 Å². The van der Waals surface area contributed by atoms with Crippen molar-refractivity contribution in [2.45, 2.75) is 23.0 Å². The van der Waals surface area contributed by atoms with Gasteiger partial charge < -0.3 is 0 Å². The highest BCUT2D eigenvalue weighted by Gasteiger charge is 2.56. The highest BCUT2D eigenvalue weighted by atomic mass is 32.2. The van der Waals surface area contributed by atoms with Crippen LogP contribution in [0.2, 0.25) is 0 Å². The summed E-state index contributed by atoms with van der Waals surface area (Å²) in [6.45, 7) is 0. The Hall–Kier alpha value is -3.71. The monoisotopic (exact) mass is 548 g/mol. The quantitative estimate of drug-likeness (QED) is 0.225. The van der Waals surface area contributed by atoms with E-state index in [0.29, 0.717) is 11.1 Å². The molecule has 4 aliphatic rings. The average Bonchev–Trinajstić information content (AvgIpc) is 3.34. The van der Waals surface area contributed by atoms with E-state index < -0.39 is 28.2 Å². The Kier molecular flexibility index (Phi) is 5.09. The number of halogens is 6. The minimum absolute atomic E-state index is 0.185. The van der Waals surface area contributed by atoms with E-state index >= 15 is 0 Å². The Bertz CT molecular complexity index is 1640. The predicted molar refractivity (Wildman–Crippen MR) is 141 cm³/mol. The molecule has 0 amide bonds. The van der Waals surface area contributed by atoms with Crippen molar-refractivity contribution in [3.8, 4) is 0 Å². The molecule has 194 valence electrons. The van der Waals surface area contributed by atoms with Gasteiger partial charge in [-0.3, -0.25) is 0 Å². The van der Waals surface area contributed by atoms with Gasteiger partial charge in [0, 0.05) is 10.8 Å². The second-order valence-electron chi connectivity index (χ2n) is 9.88. The average molecular weight is 549 g/mol. The van der Waals surface area contributed by atoms with E-state index in [-0.39, 0.29) is 5.92 Å². The van der Waals surface area contributed by atoms with Crippen molar-refractivity contribution in [1.82, 2.24) is 0 Å². The number of alkyl halides is 6. The molecule has 4 aromatic rings. The molecule has 0 aromatic heterocycles. The van der Waals surface area contributed by atoms with E-state index in [9.17, 15) is 26.3 Å². The van der Waals surface area contributed by atoms with Crippen LogP contribution < -0.4 is 0 Å². The summed E-state index contributed by atoms with van der Waals surface area (Å²) in [5.74, 6) is -0.185. The van der Waals surface area contributed by atoms with E-state index in [1.54, 1.807) is 11.8 Å². The Morgan fingerprint density at radius 2 is 1.03 bits per heavy atom. The van der Waals surface area contributed by atoms with Crippen molar-refractivity contribution >= 4 is 22.2 Å². The molecule has 0 nitrogen and oxygen atoms in total. The number of hydrogen-bond acceptors (Lipinski definition) is 1. The SMILES string of the molecule is FC(F)(F)c1ccc(C2=CC3=C(c4ccc(C(F)(F)F)cc4)C4c5ccccc5C3(S2)c2ccccc24)cc1. The maximum atomic E-state index is 13.4. The largest absolute Gasteiger partial charge is 0.416 e. The Morgan fingerprint density at radius 3 is 1.51 bits per heavy atom. The molecule has 39 heavy (non-hydrogen) atoms. The summed E-state index contributed by atoms with van der Waals surface area (Å²) in [6.07, 6.45) is -6.86. The van der Waals surface area contributed by atoms with Crippen molar-refractivity contribution in [3.63, 3.8) is 0 Å². The van der Waals surface area contributed by atoms with E-state index in [1.165, 1.54) is 24.3 Å². The van der Waals surface area contributed by atoms with Crippen LogP contribution in [-0.2, 0) is 17.1 Å². The first-order valence-electron chi connectivity index (χ1n) is 12.3. The van der Waals surface area contributed by atoms with Gasteiger partial charge in [0.25, 0.3) is 0 Å². The van der Waals surface area contributed by atoms with Crippen LogP contribution in [0, 0.1) is 0 Å². The maximum absolute atomic E-state index is 13.4. The summed E-state index contributed by atoms with van der Waals surface area (Å²) in [6, 6.07) is 26.6. The summed E-state index contributed by atoms with van der Waals surface area (Å²) in [5, 5.41) is 0. The topological polar surface area (TPSA) is 0 Å². The van der Waals surface area contributed by atoms with Crippen LogP contribution >= 0.6 is 11.8 Å². The fraction of sp³-hybridized carbons (Fsp3) is 0.125. The van der Waals surface area contributed by atoms with Gasteiger partial charge in [0.15, 0.2) is 0 Å². The molecule has 0 N–H and O–H groups in total. The summed E-state index contributed by atoms with van der Waals surface area (Å²) in [4.78, 5) is 0.815. The number of hydrogen-bond donors (Lipinski definition) is 0. The van der Waals surface area contributed by atoms with Crippen LogP contribution in [0.25, 0.3) is 10.5 Å². The lowest BCUT2D eigenvalue weighted by Crippen LogP contribution is -2.37. The second-order valence-corrected chi connectivity index (χ2v) is 11.1. The van der Waals surface area contributed by atoms with Crippen LogP contribution in [0.3, 0.4) is 0 Å². The van der Waals surface area contributed by atoms with Gasteiger partial charge in [-0.05, 0) is 74.9 Å². The molecule has 3 aliphatic carbocycles. The zero-order valence-corrected chi connectivity index (χ0v) is 20.9. The van der Waals surface area contributed by atoms with Gasteiger partial charge in [0.2, 0.25) is 0 Å². The molecule has 0 saturated heterocycles. The first-order valence-corrected chi connectivity index (χ1v) is 13.1. The van der Waals surface area contributed by atoms with Crippen molar-refractivity contribution in [1.29, 1.82) is 0 Å². The minimum Gasteiger partial charge on any atom is -0.166 e. The van der Waals surface area contributed by atoms with Gasteiger partial charge >= 0.3 is 12.4 Å². The van der Waals surface area contributed by atoms with Gasteiger partial charge in [-0.25, -0.2) is 0 Å². The van der Waals surface area contributed by atoms with Crippen LogP contribution in [0.5, 0.6) is 0 Å². The van der Waals surface area contributed by atoms with Crippen molar-refractivity contribution in [2.75, 3.05) is 0 Å². The number of benzene rings is 4. The normalized spacial score (nSPS) is 21.4. The van der Waals surface area contributed by atoms with Crippen LogP contribution in [-0.4, -0.2) is 0 Å². The molecule has 0 radical (unpaired) electrons. The highest BCUT2D eigenvalue weighted by Crippen LogP contribution is 2.70. The molecule has 0 saturated carbocycles. The highest BCUT2D eigenvalue weighted by molar-refractivity contribution is 8.10. The smallest absolute Gasteiger partial charge is 0.166 e. The summed E-state index contributed by atoms with van der Waals surface area (Å²) in [5.41, 5.74) is 6.19. The number of rotatable bonds is 2. The fourth-order valence-corrected chi connectivity index (χ4v) is 7.83. The molecule has 0 atom stereocenters. The fourth-order valence-electron chi connectivity index (χ4n) is 6.19. The Morgan fingerprint density at radius 1 is 0.564 bits per heavy atom. The van der Waals surface area contributed by atoms with Crippen molar-refractivity contribution < 1.29 is 26.3 Å². The van der Waals surface area contributed by atoms with Gasteiger partial charge in [-0.2, -0.15) is 26.3 Å². The first-order chi connectivity index (χ1) is 18.6. The molecule has 8 rings (SSSR count). The molecule has 7 heteroatoms. The van der Waals surface area contributed by atoms with Gasteiger partial charge in [0.1, 0.15) is 0 Å². The maximum Gasteiger partial charge on any atom is 0.416 e. The zero-order chi connectivity index (χ0) is 27.2. The third-order valence-corrected chi connectivity index (χ3v) is 9.36. The van der Waals surface area contributed by atoms with E-state index in [4.69, 9.17) is 0 Å². The zero-order valence-electron chi connectivity index (χ0n) is 20.1. The van der Waals surface area contributed by atoms with Crippen LogP contribution in [0.15, 0.2) is 109 Å². The molecular weight excluding hydrogens is 530 g/mol. The number of allylic oxidation sites excluding steroid dienone is 2. The van der Waals surface area contributed by atoms with E-state index in [2.05, 4.69) is 24.3 Å². The molecule has 0 fully saturated rings. The lowest BCUT2D eigenvalue weighted by Gasteiger charge is -2.49. The molecule has 2 bridgehead atoms. The molecule has 1 heterocycles. The van der Waals surface area contributed by atoms with Crippen LogP contribution in [0.4, 0.5) is 26.3 Å². The summed E-state index contributed by atoms with van der Waals surface area (Å²) < 4.78 is 79.1. The molecule has 0 unspecified atom stereocenters. The van der Waals surface area contributed by atoms with E-state index in [0.717, 1.165) is 62.6 Å². The van der Waals surface area contributed by atoms with Gasteiger partial charge in [-0.15, -0.1) is 11.8 Å². The minimum atomic E-state index is -4.44. The van der Waals surface area contributed by atoms with Crippen LogP contribution in [0.1, 0.15) is 50.4 Å². The van der Waals surface area contributed by atoms with Crippen molar-refractivity contribution in [2.24, 2.45) is 0 Å². The predicted octanol–water partition coefficient (Wildman–Crippen LogP) is 9.67. The van der Waals surface area contributed by atoms with Gasteiger partial charge in [0.05, 0.1) is 15.9 Å². The lowest BCUT2D eigenvalue weighted by molar-refractivity contribution is -0.138. The molecule has 4 aromatic carbocycles. The summed E-state index contributed by atoms with van der Waals surface area (Å²) in [7, 11) is 0. The van der Waals surface area contributed by atoms with E-state index in [1.807, 2.05) is 30.3 Å². The Labute approximate surface area is 224 Å². The molecular formula is C32H18F6S. The molecule has 1 aliphatic heterocycles. The first kappa shape index (κ1) is 24.3. The summed E-state index contributed by atoms with van der Waals surface area (Å²) >= 11 is 1.58. The lowest BCUT2D eigenvalue weighted by atomic mass is 9.59. The Balaban J connectivity index is 1.48. The standard InChI is InChI=1S/C32H18F6S/c33-31(34,35)20-13-9-18(10-14-20)27-17-26-28(19-11-15-21(16-12-19)32(36,37)38)29-22-5-1-3-7-24(22)30(26,39-27)25-8-4-2-6-23(25)29/h1-17,29H. The van der Waals surface area contributed by atoms with Crippen molar-refractivity contribution in [3.05, 3.63) is 153 Å². The third-order valence-electron chi connectivity index (χ3n) is 7.82. The molecule has 1 spiro atoms. The second kappa shape index (κ2) is 8.15.